The normalized spacial score (nSPS) is 11.3. The van der Waals surface area contributed by atoms with Crippen LogP contribution in [-0.2, 0) is 9.84 Å². The molecule has 1 N–H and O–H groups in total. The average molecular weight is 401 g/mol. The van der Waals surface area contributed by atoms with Crippen LogP contribution >= 0.6 is 11.3 Å². The summed E-state index contributed by atoms with van der Waals surface area (Å²) in [5, 5.41) is 3.19. The SMILES string of the molecule is CCCS(=O)(=O)c1ccccc1C(=O)Nc1nc(C)c(-c2ccccc2)s1. The quantitative estimate of drug-likeness (QED) is 0.658. The summed E-state index contributed by atoms with van der Waals surface area (Å²) in [6.45, 7) is 3.68. The maximum Gasteiger partial charge on any atom is 0.258 e. The lowest BCUT2D eigenvalue weighted by atomic mass is 10.2. The number of aryl methyl sites for hydroxylation is 1. The molecule has 0 unspecified atom stereocenters. The first-order chi connectivity index (χ1) is 12.9. The van der Waals surface area contributed by atoms with Crippen LogP contribution in [0.5, 0.6) is 0 Å². The van der Waals surface area contributed by atoms with Gasteiger partial charge in [-0.25, -0.2) is 13.4 Å². The van der Waals surface area contributed by atoms with E-state index in [9.17, 15) is 13.2 Å². The topological polar surface area (TPSA) is 76.1 Å². The van der Waals surface area contributed by atoms with E-state index in [0.717, 1.165) is 16.1 Å². The van der Waals surface area contributed by atoms with Crippen molar-refractivity contribution in [2.24, 2.45) is 0 Å². The molecular formula is C20H20N2O3S2. The number of benzene rings is 2. The van der Waals surface area contributed by atoms with Crippen molar-refractivity contribution in [1.82, 2.24) is 4.98 Å². The van der Waals surface area contributed by atoms with Crippen molar-refractivity contribution in [2.45, 2.75) is 25.2 Å². The van der Waals surface area contributed by atoms with E-state index in [0.29, 0.717) is 11.6 Å². The minimum Gasteiger partial charge on any atom is -0.298 e. The second-order valence-electron chi connectivity index (χ2n) is 6.07. The van der Waals surface area contributed by atoms with E-state index in [1.807, 2.05) is 37.3 Å². The van der Waals surface area contributed by atoms with Gasteiger partial charge in [-0.15, -0.1) is 0 Å². The van der Waals surface area contributed by atoms with Gasteiger partial charge >= 0.3 is 0 Å². The Morgan fingerprint density at radius 2 is 1.74 bits per heavy atom. The summed E-state index contributed by atoms with van der Waals surface area (Å²) < 4.78 is 24.9. The van der Waals surface area contributed by atoms with Crippen LogP contribution in [0.4, 0.5) is 5.13 Å². The lowest BCUT2D eigenvalue weighted by Crippen LogP contribution is -2.17. The Hall–Kier alpha value is -2.51. The summed E-state index contributed by atoms with van der Waals surface area (Å²) >= 11 is 1.37. The van der Waals surface area contributed by atoms with E-state index in [1.54, 1.807) is 19.1 Å². The van der Waals surface area contributed by atoms with Crippen molar-refractivity contribution in [3.8, 4) is 10.4 Å². The molecule has 1 amide bonds. The van der Waals surface area contributed by atoms with E-state index in [2.05, 4.69) is 10.3 Å². The second-order valence-corrected chi connectivity index (χ2v) is 9.15. The molecule has 0 fully saturated rings. The molecule has 0 atom stereocenters. The maximum absolute atomic E-state index is 12.7. The van der Waals surface area contributed by atoms with Gasteiger partial charge in [0, 0.05) is 0 Å². The third kappa shape index (κ3) is 4.26. The number of carbonyl (C=O) groups excluding carboxylic acids is 1. The number of sulfone groups is 1. The van der Waals surface area contributed by atoms with Crippen LogP contribution in [0.25, 0.3) is 10.4 Å². The molecule has 1 aromatic heterocycles. The number of carbonyl (C=O) groups is 1. The van der Waals surface area contributed by atoms with E-state index in [-0.39, 0.29) is 16.2 Å². The fourth-order valence-electron chi connectivity index (χ4n) is 2.78. The fourth-order valence-corrected chi connectivity index (χ4v) is 5.28. The summed E-state index contributed by atoms with van der Waals surface area (Å²) in [7, 11) is -3.50. The van der Waals surface area contributed by atoms with Crippen LogP contribution in [0, 0.1) is 6.92 Å². The molecule has 27 heavy (non-hydrogen) atoms. The van der Waals surface area contributed by atoms with E-state index < -0.39 is 15.7 Å². The highest BCUT2D eigenvalue weighted by Crippen LogP contribution is 2.33. The molecule has 0 bridgehead atoms. The van der Waals surface area contributed by atoms with Gasteiger partial charge in [-0.1, -0.05) is 60.7 Å². The highest BCUT2D eigenvalue weighted by Gasteiger charge is 2.22. The Morgan fingerprint density at radius 3 is 2.44 bits per heavy atom. The molecule has 0 saturated carbocycles. The first-order valence-electron chi connectivity index (χ1n) is 8.58. The fraction of sp³-hybridized carbons (Fsp3) is 0.200. The molecule has 3 rings (SSSR count). The summed E-state index contributed by atoms with van der Waals surface area (Å²) in [5.74, 6) is -0.468. The Kier molecular flexibility index (Phi) is 5.72. The Bertz CT molecular complexity index is 1060. The average Bonchev–Trinajstić information content (AvgIpc) is 3.02. The first-order valence-corrected chi connectivity index (χ1v) is 11.0. The number of nitrogens with one attached hydrogen (secondary N) is 1. The van der Waals surface area contributed by atoms with Gasteiger partial charge in [0.1, 0.15) is 0 Å². The number of anilines is 1. The van der Waals surface area contributed by atoms with Crippen LogP contribution in [0.2, 0.25) is 0 Å². The standard InChI is InChI=1S/C20H20N2O3S2/c1-3-13-27(24,25)17-12-8-7-11-16(17)19(23)22-20-21-14(2)18(26-20)15-9-5-4-6-10-15/h4-12H,3,13H2,1-2H3,(H,21,22,23). The number of aromatic nitrogens is 1. The molecule has 0 aliphatic heterocycles. The van der Waals surface area contributed by atoms with E-state index >= 15 is 0 Å². The summed E-state index contributed by atoms with van der Waals surface area (Å²) in [4.78, 5) is 18.2. The van der Waals surface area contributed by atoms with E-state index in [4.69, 9.17) is 0 Å². The molecule has 1 heterocycles. The van der Waals surface area contributed by atoms with Crippen molar-refractivity contribution in [3.63, 3.8) is 0 Å². The van der Waals surface area contributed by atoms with Crippen LogP contribution in [0.15, 0.2) is 59.5 Å². The van der Waals surface area contributed by atoms with E-state index in [1.165, 1.54) is 23.5 Å². The van der Waals surface area contributed by atoms with Gasteiger partial charge in [-0.2, -0.15) is 0 Å². The van der Waals surface area contributed by atoms with Crippen molar-refractivity contribution in [3.05, 3.63) is 65.9 Å². The maximum atomic E-state index is 12.7. The van der Waals surface area contributed by atoms with Crippen LogP contribution < -0.4 is 5.32 Å². The number of thiazole rings is 1. The van der Waals surface area contributed by atoms with Gasteiger partial charge in [-0.05, 0) is 31.0 Å². The lowest BCUT2D eigenvalue weighted by Gasteiger charge is -2.09. The largest absolute Gasteiger partial charge is 0.298 e. The number of rotatable bonds is 6. The van der Waals surface area contributed by atoms with Gasteiger partial charge in [0.25, 0.3) is 5.91 Å². The number of nitrogens with zero attached hydrogens (tertiary/aromatic N) is 1. The minimum atomic E-state index is -3.50. The smallest absolute Gasteiger partial charge is 0.258 e. The predicted molar refractivity (Wildman–Crippen MR) is 109 cm³/mol. The lowest BCUT2D eigenvalue weighted by molar-refractivity contribution is 0.102. The van der Waals surface area contributed by atoms with Crippen LogP contribution in [-0.4, -0.2) is 25.1 Å². The monoisotopic (exact) mass is 400 g/mol. The van der Waals surface area contributed by atoms with Gasteiger partial charge in [0.15, 0.2) is 15.0 Å². The molecule has 3 aromatic rings. The Morgan fingerprint density at radius 1 is 1.07 bits per heavy atom. The Labute approximate surface area is 163 Å². The van der Waals surface area contributed by atoms with Crippen molar-refractivity contribution < 1.29 is 13.2 Å². The number of hydrogen-bond acceptors (Lipinski definition) is 5. The predicted octanol–water partition coefficient (Wildman–Crippen LogP) is 4.55. The van der Waals surface area contributed by atoms with Gasteiger partial charge in [0.2, 0.25) is 0 Å². The highest BCUT2D eigenvalue weighted by molar-refractivity contribution is 7.91. The second kappa shape index (κ2) is 8.02. The molecular weight excluding hydrogens is 380 g/mol. The van der Waals surface area contributed by atoms with Gasteiger partial charge in [-0.3, -0.25) is 10.1 Å². The molecule has 0 aliphatic rings. The molecule has 7 heteroatoms. The zero-order chi connectivity index (χ0) is 19.4. The molecule has 0 aliphatic carbocycles. The zero-order valence-electron chi connectivity index (χ0n) is 15.1. The van der Waals surface area contributed by atoms with Crippen molar-refractivity contribution in [1.29, 1.82) is 0 Å². The first kappa shape index (κ1) is 19.3. The van der Waals surface area contributed by atoms with Crippen molar-refractivity contribution in [2.75, 3.05) is 11.1 Å². The summed E-state index contributed by atoms with van der Waals surface area (Å²) in [6, 6.07) is 16.1. The molecule has 2 aromatic carbocycles. The molecule has 140 valence electrons. The summed E-state index contributed by atoms with van der Waals surface area (Å²) in [6.07, 6.45) is 0.490. The highest BCUT2D eigenvalue weighted by atomic mass is 32.2. The summed E-state index contributed by atoms with van der Waals surface area (Å²) in [5.41, 5.74) is 1.98. The third-order valence-electron chi connectivity index (χ3n) is 3.99. The van der Waals surface area contributed by atoms with Crippen LogP contribution in [0.3, 0.4) is 0 Å². The minimum absolute atomic E-state index is 0.00576. The zero-order valence-corrected chi connectivity index (χ0v) is 16.7. The number of amides is 1. The third-order valence-corrected chi connectivity index (χ3v) is 7.09. The molecule has 0 spiro atoms. The Balaban J connectivity index is 1.90. The molecule has 0 saturated heterocycles. The molecule has 5 nitrogen and oxygen atoms in total. The van der Waals surface area contributed by atoms with Gasteiger partial charge < -0.3 is 0 Å². The van der Waals surface area contributed by atoms with Gasteiger partial charge in [0.05, 0.1) is 26.8 Å². The number of hydrogen-bond donors (Lipinski definition) is 1. The van der Waals surface area contributed by atoms with Crippen LogP contribution in [0.1, 0.15) is 29.4 Å². The molecule has 0 radical (unpaired) electrons. The van der Waals surface area contributed by atoms with Crippen molar-refractivity contribution >= 4 is 32.2 Å².